The number of halogens is 1. The summed E-state index contributed by atoms with van der Waals surface area (Å²) in [6.45, 7) is 6.76. The number of aryl methyl sites for hydroxylation is 1. The van der Waals surface area contributed by atoms with E-state index in [0.717, 1.165) is 16.8 Å². The van der Waals surface area contributed by atoms with Crippen molar-refractivity contribution in [3.8, 4) is 11.5 Å². The Labute approximate surface area is 146 Å². The predicted molar refractivity (Wildman–Crippen MR) is 95.3 cm³/mol. The Balaban J connectivity index is 1.86. The third-order valence-corrected chi connectivity index (χ3v) is 4.51. The van der Waals surface area contributed by atoms with E-state index in [0.29, 0.717) is 29.7 Å². The maximum atomic E-state index is 12.8. The second-order valence-electron chi connectivity index (χ2n) is 6.40. The second-order valence-corrected chi connectivity index (χ2v) is 6.83. The molecule has 126 valence electrons. The molecule has 1 aliphatic heterocycles. The molecule has 1 N–H and O–H groups in total. The zero-order chi connectivity index (χ0) is 17.3. The van der Waals surface area contributed by atoms with E-state index in [9.17, 15) is 4.79 Å². The number of anilines is 1. The first kappa shape index (κ1) is 16.7. The Morgan fingerprint density at radius 1 is 1.08 bits per heavy atom. The summed E-state index contributed by atoms with van der Waals surface area (Å²) in [4.78, 5) is 12.8. The van der Waals surface area contributed by atoms with Crippen LogP contribution < -0.4 is 14.8 Å². The summed E-state index contributed by atoms with van der Waals surface area (Å²) in [6.07, 6.45) is 0. The molecule has 0 radical (unpaired) electrons. The summed E-state index contributed by atoms with van der Waals surface area (Å²) in [5.74, 6) is 1.29. The summed E-state index contributed by atoms with van der Waals surface area (Å²) in [7, 11) is 0. The molecule has 5 heteroatoms. The Bertz CT molecular complexity index is 786. The number of hydrogen-bond donors (Lipinski definition) is 1. The van der Waals surface area contributed by atoms with Crippen molar-refractivity contribution in [1.82, 2.24) is 0 Å². The van der Waals surface area contributed by atoms with Crippen LogP contribution in [-0.2, 0) is 10.2 Å². The fourth-order valence-electron chi connectivity index (χ4n) is 2.57. The number of carbonyl (C=O) groups excluding carboxylic acids is 1. The lowest BCUT2D eigenvalue weighted by molar-refractivity contribution is -0.120. The van der Waals surface area contributed by atoms with Crippen LogP contribution in [0.15, 0.2) is 36.4 Å². The molecule has 1 aliphatic rings. The van der Waals surface area contributed by atoms with Gasteiger partial charge in [0.25, 0.3) is 0 Å². The van der Waals surface area contributed by atoms with Crippen LogP contribution >= 0.6 is 11.6 Å². The van der Waals surface area contributed by atoms with Gasteiger partial charge in [0.05, 0.1) is 5.41 Å². The average molecular weight is 346 g/mol. The van der Waals surface area contributed by atoms with Crippen molar-refractivity contribution in [2.45, 2.75) is 26.2 Å². The number of amides is 1. The lowest BCUT2D eigenvalue weighted by Gasteiger charge is -2.27. The number of hydrogen-bond acceptors (Lipinski definition) is 3. The Morgan fingerprint density at radius 2 is 1.79 bits per heavy atom. The third kappa shape index (κ3) is 3.20. The van der Waals surface area contributed by atoms with Crippen molar-refractivity contribution < 1.29 is 14.3 Å². The molecule has 0 atom stereocenters. The van der Waals surface area contributed by atoms with Crippen LogP contribution in [0.4, 0.5) is 5.69 Å². The zero-order valence-electron chi connectivity index (χ0n) is 14.0. The summed E-state index contributed by atoms with van der Waals surface area (Å²) in [6, 6.07) is 11.1. The molecule has 0 bridgehead atoms. The van der Waals surface area contributed by atoms with Crippen molar-refractivity contribution in [3.05, 3.63) is 52.5 Å². The number of benzene rings is 2. The third-order valence-electron chi connectivity index (χ3n) is 4.28. The van der Waals surface area contributed by atoms with E-state index in [1.165, 1.54) is 0 Å². The average Bonchev–Trinajstić information content (AvgIpc) is 2.57. The molecule has 2 aromatic rings. The molecule has 2 aromatic carbocycles. The van der Waals surface area contributed by atoms with Gasteiger partial charge in [0.2, 0.25) is 5.91 Å². The van der Waals surface area contributed by atoms with Crippen molar-refractivity contribution in [3.63, 3.8) is 0 Å². The number of fused-ring (bicyclic) bond motifs is 1. The largest absolute Gasteiger partial charge is 0.486 e. The van der Waals surface area contributed by atoms with Crippen LogP contribution in [-0.4, -0.2) is 19.1 Å². The van der Waals surface area contributed by atoms with Gasteiger partial charge in [0.15, 0.2) is 11.5 Å². The van der Waals surface area contributed by atoms with E-state index < -0.39 is 5.41 Å². The molecule has 0 fully saturated rings. The fraction of sp³-hybridized carbons (Fsp3) is 0.316. The Kier molecular flexibility index (Phi) is 4.41. The highest BCUT2D eigenvalue weighted by Gasteiger charge is 2.31. The molecule has 1 amide bonds. The molecule has 0 aliphatic carbocycles. The van der Waals surface area contributed by atoms with Gasteiger partial charge < -0.3 is 14.8 Å². The quantitative estimate of drug-likeness (QED) is 0.900. The van der Waals surface area contributed by atoms with Gasteiger partial charge in [-0.1, -0.05) is 23.7 Å². The molecule has 24 heavy (non-hydrogen) atoms. The van der Waals surface area contributed by atoms with Gasteiger partial charge in [0.1, 0.15) is 13.2 Å². The number of carbonyl (C=O) groups is 1. The molecule has 0 saturated heterocycles. The lowest BCUT2D eigenvalue weighted by Crippen LogP contribution is -2.35. The van der Waals surface area contributed by atoms with Crippen LogP contribution in [0.25, 0.3) is 0 Å². The van der Waals surface area contributed by atoms with Crippen LogP contribution in [0.1, 0.15) is 25.0 Å². The molecule has 0 saturated carbocycles. The topological polar surface area (TPSA) is 47.6 Å². The predicted octanol–water partition coefficient (Wildman–Crippen LogP) is 4.34. The normalized spacial score (nSPS) is 13.5. The van der Waals surface area contributed by atoms with Crippen LogP contribution in [0.2, 0.25) is 5.02 Å². The summed E-state index contributed by atoms with van der Waals surface area (Å²) >= 11 is 6.03. The first-order valence-electron chi connectivity index (χ1n) is 7.85. The summed E-state index contributed by atoms with van der Waals surface area (Å²) in [5.41, 5.74) is 1.82. The minimum atomic E-state index is -0.732. The minimum Gasteiger partial charge on any atom is -0.486 e. The molecular weight excluding hydrogens is 326 g/mol. The number of ether oxygens (including phenoxy) is 2. The molecule has 0 spiro atoms. The highest BCUT2D eigenvalue weighted by molar-refractivity contribution is 6.31. The van der Waals surface area contributed by atoms with E-state index in [2.05, 4.69) is 5.32 Å². The standard InChI is InChI=1S/C19H20ClNO3/c1-12-4-6-14(20)11-15(12)21-18(22)19(2,3)13-5-7-16-17(10-13)24-9-8-23-16/h4-7,10-11H,8-9H2,1-3H3,(H,21,22). The minimum absolute atomic E-state index is 0.107. The monoisotopic (exact) mass is 345 g/mol. The highest BCUT2D eigenvalue weighted by Crippen LogP contribution is 2.36. The molecule has 4 nitrogen and oxygen atoms in total. The van der Waals surface area contributed by atoms with Crippen molar-refractivity contribution in [2.24, 2.45) is 0 Å². The van der Waals surface area contributed by atoms with Gasteiger partial charge in [-0.05, 0) is 56.2 Å². The first-order valence-corrected chi connectivity index (χ1v) is 8.23. The van der Waals surface area contributed by atoms with Crippen LogP contribution in [0.5, 0.6) is 11.5 Å². The van der Waals surface area contributed by atoms with Crippen molar-refractivity contribution in [2.75, 3.05) is 18.5 Å². The van der Waals surface area contributed by atoms with Gasteiger partial charge in [-0.15, -0.1) is 0 Å². The highest BCUT2D eigenvalue weighted by atomic mass is 35.5. The second kappa shape index (κ2) is 6.36. The Hall–Kier alpha value is -2.20. The van der Waals surface area contributed by atoms with E-state index in [-0.39, 0.29) is 5.91 Å². The van der Waals surface area contributed by atoms with Gasteiger partial charge in [-0.2, -0.15) is 0 Å². The van der Waals surface area contributed by atoms with E-state index in [4.69, 9.17) is 21.1 Å². The zero-order valence-corrected chi connectivity index (χ0v) is 14.7. The van der Waals surface area contributed by atoms with E-state index >= 15 is 0 Å². The van der Waals surface area contributed by atoms with Crippen molar-refractivity contribution in [1.29, 1.82) is 0 Å². The van der Waals surface area contributed by atoms with Crippen LogP contribution in [0, 0.1) is 6.92 Å². The SMILES string of the molecule is Cc1ccc(Cl)cc1NC(=O)C(C)(C)c1ccc2c(c1)OCCO2. The van der Waals surface area contributed by atoms with Crippen molar-refractivity contribution >= 4 is 23.2 Å². The smallest absolute Gasteiger partial charge is 0.234 e. The summed E-state index contributed by atoms with van der Waals surface area (Å²) < 4.78 is 11.2. The molecule has 0 unspecified atom stereocenters. The molecule has 1 heterocycles. The van der Waals surface area contributed by atoms with E-state index in [1.807, 2.05) is 45.0 Å². The maximum Gasteiger partial charge on any atom is 0.234 e. The van der Waals surface area contributed by atoms with Gasteiger partial charge >= 0.3 is 0 Å². The van der Waals surface area contributed by atoms with Gasteiger partial charge in [0, 0.05) is 10.7 Å². The fourth-order valence-corrected chi connectivity index (χ4v) is 2.74. The number of rotatable bonds is 3. The van der Waals surface area contributed by atoms with Gasteiger partial charge in [-0.3, -0.25) is 4.79 Å². The molecule has 3 rings (SSSR count). The lowest BCUT2D eigenvalue weighted by atomic mass is 9.83. The summed E-state index contributed by atoms with van der Waals surface area (Å²) in [5, 5.41) is 3.57. The van der Waals surface area contributed by atoms with Crippen LogP contribution in [0.3, 0.4) is 0 Å². The number of nitrogens with one attached hydrogen (secondary N) is 1. The van der Waals surface area contributed by atoms with Gasteiger partial charge in [-0.25, -0.2) is 0 Å². The molecule has 0 aromatic heterocycles. The maximum absolute atomic E-state index is 12.8. The first-order chi connectivity index (χ1) is 11.4. The van der Waals surface area contributed by atoms with E-state index in [1.54, 1.807) is 12.1 Å². The molecular formula is C19H20ClNO3. The Morgan fingerprint density at radius 3 is 2.54 bits per heavy atom.